The van der Waals surface area contributed by atoms with Crippen LogP contribution in [0.3, 0.4) is 0 Å². The Labute approximate surface area is 163 Å². The van der Waals surface area contributed by atoms with Gasteiger partial charge in [0.05, 0.1) is 0 Å². The first-order valence-electron chi connectivity index (χ1n) is 10.0. The molecule has 1 amide bonds. The Morgan fingerprint density at radius 2 is 1.78 bits per heavy atom. The predicted molar refractivity (Wildman–Crippen MR) is 105 cm³/mol. The van der Waals surface area contributed by atoms with Gasteiger partial charge in [0.1, 0.15) is 11.1 Å². The Hall–Kier alpha value is -1.81. The summed E-state index contributed by atoms with van der Waals surface area (Å²) in [5, 5.41) is 4.17. The molecule has 0 saturated heterocycles. The zero-order chi connectivity index (χ0) is 18.6. The number of hydrogen-bond acceptors (Lipinski definition) is 3. The minimum absolute atomic E-state index is 0.0512. The van der Waals surface area contributed by atoms with Crippen molar-refractivity contribution in [3.8, 4) is 0 Å². The van der Waals surface area contributed by atoms with Gasteiger partial charge < -0.3 is 9.73 Å². The lowest BCUT2D eigenvalue weighted by atomic mass is 9.49. The van der Waals surface area contributed by atoms with Gasteiger partial charge in [-0.3, -0.25) is 4.79 Å². The smallest absolute Gasteiger partial charge is 0.349 e. The Balaban J connectivity index is 1.28. The highest BCUT2D eigenvalue weighted by Gasteiger charge is 2.50. The fraction of sp³-hybridized carbons (Fsp3) is 0.545. The minimum Gasteiger partial charge on any atom is -0.422 e. The highest BCUT2D eigenvalue weighted by molar-refractivity contribution is 6.31. The normalized spacial score (nSPS) is 31.4. The van der Waals surface area contributed by atoms with E-state index < -0.39 is 5.63 Å². The number of amides is 1. The van der Waals surface area contributed by atoms with Gasteiger partial charge in [0, 0.05) is 17.0 Å². The van der Waals surface area contributed by atoms with Crippen molar-refractivity contribution in [3.63, 3.8) is 0 Å². The standard InChI is InChI=1S/C22H24ClNO3/c23-17-1-2-19-16(8-17)9-18(21(26)27-19)20(25)24-4-3-22-10-13-5-14(11-22)7-15(6-13)12-22/h1-2,8-9,13-15H,3-7,10-12H2,(H,24,25). The van der Waals surface area contributed by atoms with Crippen LogP contribution in [0.25, 0.3) is 11.0 Å². The molecule has 4 bridgehead atoms. The van der Waals surface area contributed by atoms with Crippen molar-refractivity contribution in [2.24, 2.45) is 23.2 Å². The van der Waals surface area contributed by atoms with E-state index in [4.69, 9.17) is 16.0 Å². The van der Waals surface area contributed by atoms with Crippen molar-refractivity contribution in [2.75, 3.05) is 6.54 Å². The fourth-order valence-corrected chi connectivity index (χ4v) is 6.57. The first-order chi connectivity index (χ1) is 13.0. The maximum absolute atomic E-state index is 12.6. The maximum Gasteiger partial charge on any atom is 0.349 e. The zero-order valence-electron chi connectivity index (χ0n) is 15.3. The molecule has 0 unspecified atom stereocenters. The molecule has 4 aliphatic rings. The number of fused-ring (bicyclic) bond motifs is 1. The molecule has 2 aromatic rings. The van der Waals surface area contributed by atoms with Crippen molar-refractivity contribution in [3.05, 3.63) is 45.3 Å². The molecule has 5 heteroatoms. The Morgan fingerprint density at radius 1 is 1.11 bits per heavy atom. The molecule has 6 rings (SSSR count). The summed E-state index contributed by atoms with van der Waals surface area (Å²) in [5.41, 5.74) is 0.311. The highest BCUT2D eigenvalue weighted by Crippen LogP contribution is 2.61. The lowest BCUT2D eigenvalue weighted by Gasteiger charge is -2.57. The molecule has 0 radical (unpaired) electrons. The second-order valence-corrected chi connectivity index (χ2v) is 9.49. The molecule has 4 saturated carbocycles. The number of benzene rings is 1. The molecular formula is C22H24ClNO3. The van der Waals surface area contributed by atoms with E-state index >= 15 is 0 Å². The lowest BCUT2D eigenvalue weighted by Crippen LogP contribution is -2.47. The predicted octanol–water partition coefficient (Wildman–Crippen LogP) is 4.78. The van der Waals surface area contributed by atoms with E-state index in [0.717, 1.165) is 24.2 Å². The van der Waals surface area contributed by atoms with Crippen molar-refractivity contribution < 1.29 is 9.21 Å². The minimum atomic E-state index is -0.600. The summed E-state index contributed by atoms with van der Waals surface area (Å²) in [6.45, 7) is 0.623. The number of nitrogens with one attached hydrogen (secondary N) is 1. The van der Waals surface area contributed by atoms with E-state index in [-0.39, 0.29) is 11.5 Å². The molecule has 27 heavy (non-hydrogen) atoms. The highest BCUT2D eigenvalue weighted by atomic mass is 35.5. The van der Waals surface area contributed by atoms with Crippen molar-refractivity contribution in [1.29, 1.82) is 0 Å². The van der Waals surface area contributed by atoms with Gasteiger partial charge in [-0.05, 0) is 92.4 Å². The number of rotatable bonds is 4. The van der Waals surface area contributed by atoms with Gasteiger partial charge in [0.2, 0.25) is 0 Å². The summed E-state index contributed by atoms with van der Waals surface area (Å²) in [6, 6.07) is 6.59. The average molecular weight is 386 g/mol. The summed E-state index contributed by atoms with van der Waals surface area (Å²) in [4.78, 5) is 24.8. The van der Waals surface area contributed by atoms with Crippen LogP contribution in [-0.2, 0) is 0 Å². The van der Waals surface area contributed by atoms with Crippen LogP contribution >= 0.6 is 11.6 Å². The summed E-state index contributed by atoms with van der Waals surface area (Å²) in [5.74, 6) is 2.37. The topological polar surface area (TPSA) is 59.3 Å². The van der Waals surface area contributed by atoms with Gasteiger partial charge in [0.15, 0.2) is 0 Å². The number of carbonyl (C=O) groups is 1. The third kappa shape index (κ3) is 3.18. The monoisotopic (exact) mass is 385 g/mol. The molecule has 0 atom stereocenters. The SMILES string of the molecule is O=C(NCCC12CC3CC(CC(C3)C1)C2)c1cc2cc(Cl)ccc2oc1=O. The van der Waals surface area contributed by atoms with Crippen LogP contribution in [0.4, 0.5) is 0 Å². The molecule has 1 aromatic carbocycles. The van der Waals surface area contributed by atoms with E-state index in [1.54, 1.807) is 24.3 Å². The van der Waals surface area contributed by atoms with Crippen LogP contribution in [0.5, 0.6) is 0 Å². The molecule has 1 aromatic heterocycles. The molecule has 4 nitrogen and oxygen atoms in total. The molecule has 1 heterocycles. The quantitative estimate of drug-likeness (QED) is 0.770. The maximum atomic E-state index is 12.6. The van der Waals surface area contributed by atoms with Crippen molar-refractivity contribution in [2.45, 2.75) is 44.9 Å². The molecule has 142 valence electrons. The molecule has 1 N–H and O–H groups in total. The van der Waals surface area contributed by atoms with E-state index in [2.05, 4.69) is 5.32 Å². The fourth-order valence-electron chi connectivity index (χ4n) is 6.39. The van der Waals surface area contributed by atoms with Crippen molar-refractivity contribution in [1.82, 2.24) is 5.32 Å². The number of hydrogen-bond donors (Lipinski definition) is 1. The lowest BCUT2D eigenvalue weighted by molar-refractivity contribution is -0.0564. The summed E-state index contributed by atoms with van der Waals surface area (Å²) >= 11 is 6.00. The third-order valence-electron chi connectivity index (χ3n) is 7.04. The number of carbonyl (C=O) groups excluding carboxylic acids is 1. The van der Waals surface area contributed by atoms with E-state index in [0.29, 0.717) is 28.0 Å². The van der Waals surface area contributed by atoms with Gasteiger partial charge >= 0.3 is 5.63 Å². The molecular weight excluding hydrogens is 362 g/mol. The van der Waals surface area contributed by atoms with E-state index in [9.17, 15) is 9.59 Å². The second-order valence-electron chi connectivity index (χ2n) is 9.05. The van der Waals surface area contributed by atoms with Crippen molar-refractivity contribution >= 4 is 28.5 Å². The summed E-state index contributed by atoms with van der Waals surface area (Å²) in [6.07, 6.45) is 9.26. The van der Waals surface area contributed by atoms with Crippen LogP contribution in [0.1, 0.15) is 55.3 Å². The third-order valence-corrected chi connectivity index (χ3v) is 7.28. The van der Waals surface area contributed by atoms with E-state index in [1.807, 2.05) is 0 Å². The van der Waals surface area contributed by atoms with Crippen LogP contribution in [-0.4, -0.2) is 12.5 Å². The summed E-state index contributed by atoms with van der Waals surface area (Å²) in [7, 11) is 0. The van der Waals surface area contributed by atoms with Gasteiger partial charge in [-0.2, -0.15) is 0 Å². The Bertz CT molecular complexity index is 928. The molecule has 0 aliphatic heterocycles. The zero-order valence-corrected chi connectivity index (χ0v) is 16.1. The van der Waals surface area contributed by atoms with E-state index in [1.165, 1.54) is 38.5 Å². The Kier molecular flexibility index (Phi) is 4.08. The van der Waals surface area contributed by atoms with Gasteiger partial charge in [-0.25, -0.2) is 4.79 Å². The van der Waals surface area contributed by atoms with Crippen LogP contribution in [0.2, 0.25) is 5.02 Å². The Morgan fingerprint density at radius 3 is 2.44 bits per heavy atom. The van der Waals surface area contributed by atoms with Gasteiger partial charge in [-0.15, -0.1) is 0 Å². The molecule has 0 spiro atoms. The van der Waals surface area contributed by atoms with Gasteiger partial charge in [-0.1, -0.05) is 11.6 Å². The van der Waals surface area contributed by atoms with Crippen LogP contribution in [0.15, 0.2) is 33.5 Å². The largest absolute Gasteiger partial charge is 0.422 e. The number of halogens is 1. The first-order valence-corrected chi connectivity index (χ1v) is 10.4. The second kappa shape index (κ2) is 6.37. The van der Waals surface area contributed by atoms with Gasteiger partial charge in [0.25, 0.3) is 5.91 Å². The molecule has 4 aliphatic carbocycles. The van der Waals surface area contributed by atoms with Crippen LogP contribution < -0.4 is 10.9 Å². The molecule has 4 fully saturated rings. The summed E-state index contributed by atoms with van der Waals surface area (Å²) < 4.78 is 5.27. The van der Waals surface area contributed by atoms with Crippen LogP contribution in [0, 0.1) is 23.2 Å². The average Bonchev–Trinajstić information content (AvgIpc) is 2.60. The first kappa shape index (κ1) is 17.3.